The molecule has 0 spiro atoms. The zero-order valence-electron chi connectivity index (χ0n) is 21.1. The van der Waals surface area contributed by atoms with Gasteiger partial charge in [0.1, 0.15) is 18.4 Å². The number of phenolic OH excluding ortho intramolecular Hbond substituents is 1. The number of rotatable bonds is 12. The predicted molar refractivity (Wildman–Crippen MR) is 146 cm³/mol. The van der Waals surface area contributed by atoms with Crippen molar-refractivity contribution in [1.29, 1.82) is 0 Å². The maximum Gasteiger partial charge on any atom is 0.329 e. The molecular formula is C30H33NO5S. The van der Waals surface area contributed by atoms with Crippen LogP contribution in [0.3, 0.4) is 0 Å². The lowest BCUT2D eigenvalue weighted by atomic mass is 9.84. The Kier molecular flexibility index (Phi) is 10.8. The number of nitrogens with one attached hydrogen (secondary N) is 1. The highest BCUT2D eigenvalue weighted by atomic mass is 32.2. The van der Waals surface area contributed by atoms with Crippen molar-refractivity contribution in [3.8, 4) is 5.75 Å². The van der Waals surface area contributed by atoms with Crippen molar-refractivity contribution >= 4 is 28.8 Å². The molecule has 194 valence electrons. The number of phenols is 1. The van der Waals surface area contributed by atoms with Crippen molar-refractivity contribution in [1.82, 2.24) is 5.32 Å². The highest BCUT2D eigenvalue weighted by Crippen LogP contribution is 2.31. The van der Waals surface area contributed by atoms with Crippen molar-refractivity contribution < 1.29 is 24.2 Å². The Balaban J connectivity index is 1.83. The molecule has 6 nitrogen and oxygen atoms in total. The van der Waals surface area contributed by atoms with Crippen molar-refractivity contribution in [3.05, 3.63) is 102 Å². The maximum absolute atomic E-state index is 13.7. The Hall–Kier alpha value is -3.58. The van der Waals surface area contributed by atoms with E-state index in [1.807, 2.05) is 67.6 Å². The topological polar surface area (TPSA) is 92.7 Å². The zero-order valence-corrected chi connectivity index (χ0v) is 21.9. The Bertz CT molecular complexity index is 1150. The third-order valence-corrected chi connectivity index (χ3v) is 7.09. The number of ether oxygens (including phenoxy) is 1. The van der Waals surface area contributed by atoms with Gasteiger partial charge in [-0.15, -0.1) is 0 Å². The maximum atomic E-state index is 13.7. The summed E-state index contributed by atoms with van der Waals surface area (Å²) in [5.41, 5.74) is 2.62. The molecule has 7 heteroatoms. The Morgan fingerprint density at radius 1 is 0.892 bits per heavy atom. The van der Waals surface area contributed by atoms with E-state index in [1.165, 1.54) is 6.92 Å². The largest absolute Gasteiger partial charge is 0.508 e. The minimum absolute atomic E-state index is 0.0661. The summed E-state index contributed by atoms with van der Waals surface area (Å²) in [6.07, 6.45) is 0.899. The number of benzene rings is 3. The summed E-state index contributed by atoms with van der Waals surface area (Å²) in [6, 6.07) is 24.7. The highest BCUT2D eigenvalue weighted by molar-refractivity contribution is 8.13. The van der Waals surface area contributed by atoms with Crippen LogP contribution in [0.4, 0.5) is 0 Å². The lowest BCUT2D eigenvalue weighted by molar-refractivity contribution is -0.149. The fraction of sp³-hybridized carbons (Fsp3) is 0.300. The summed E-state index contributed by atoms with van der Waals surface area (Å²) < 4.78 is 5.57. The third-order valence-electron chi connectivity index (χ3n) is 6.16. The van der Waals surface area contributed by atoms with Crippen LogP contribution >= 0.6 is 11.8 Å². The van der Waals surface area contributed by atoms with E-state index >= 15 is 0 Å². The number of carbonyl (C=O) groups excluding carboxylic acids is 3. The summed E-state index contributed by atoms with van der Waals surface area (Å²) in [6.45, 7) is 3.59. The second-order valence-electron chi connectivity index (χ2n) is 8.86. The summed E-state index contributed by atoms with van der Waals surface area (Å²) in [5, 5.41) is 12.5. The van der Waals surface area contributed by atoms with Crippen LogP contribution in [0, 0.1) is 5.92 Å². The molecule has 2 N–H and O–H groups in total. The highest BCUT2D eigenvalue weighted by Gasteiger charge is 2.32. The zero-order chi connectivity index (χ0) is 26.6. The van der Waals surface area contributed by atoms with Crippen LogP contribution in [-0.2, 0) is 32.1 Å². The molecule has 0 bridgehead atoms. The lowest BCUT2D eigenvalue weighted by Gasteiger charge is -2.27. The molecule has 0 heterocycles. The van der Waals surface area contributed by atoms with Crippen molar-refractivity contribution in [2.45, 2.75) is 45.3 Å². The van der Waals surface area contributed by atoms with Crippen molar-refractivity contribution in [3.63, 3.8) is 0 Å². The molecule has 3 aromatic rings. The number of esters is 1. The summed E-state index contributed by atoms with van der Waals surface area (Å²) in [4.78, 5) is 38.6. The van der Waals surface area contributed by atoms with Gasteiger partial charge in [-0.2, -0.15) is 0 Å². The normalized spacial score (nSPS) is 13.2. The van der Waals surface area contributed by atoms with Gasteiger partial charge in [-0.25, -0.2) is 4.79 Å². The van der Waals surface area contributed by atoms with E-state index in [2.05, 4.69) is 5.32 Å². The van der Waals surface area contributed by atoms with E-state index in [4.69, 9.17) is 4.74 Å². The molecule has 0 aliphatic heterocycles. The quantitative estimate of drug-likeness (QED) is 0.318. The predicted octanol–water partition coefficient (Wildman–Crippen LogP) is 5.25. The fourth-order valence-corrected chi connectivity index (χ4v) is 5.00. The molecule has 0 aromatic heterocycles. The van der Waals surface area contributed by atoms with E-state index in [9.17, 15) is 19.5 Å². The van der Waals surface area contributed by atoms with Crippen molar-refractivity contribution in [2.75, 3.05) is 5.75 Å². The second-order valence-corrected chi connectivity index (χ2v) is 10.1. The number of amides is 1. The van der Waals surface area contributed by atoms with Gasteiger partial charge < -0.3 is 15.2 Å². The van der Waals surface area contributed by atoms with E-state index in [0.29, 0.717) is 12.2 Å². The number of hydrogen-bond donors (Lipinski definition) is 2. The Morgan fingerprint density at radius 2 is 1.51 bits per heavy atom. The SMILES string of the molecule is CCC(c1ccccc1)C(CSC(C)=O)C(=O)N[C@@H](Cc1ccc(O)cc1)C(=O)OCc1ccccc1. The van der Waals surface area contributed by atoms with Crippen LogP contribution in [0.5, 0.6) is 5.75 Å². The molecule has 3 atom stereocenters. The summed E-state index contributed by atoms with van der Waals surface area (Å²) in [5.74, 6) is -1.07. The monoisotopic (exact) mass is 519 g/mol. The van der Waals surface area contributed by atoms with Gasteiger partial charge in [0, 0.05) is 19.1 Å². The first-order valence-electron chi connectivity index (χ1n) is 12.3. The molecular weight excluding hydrogens is 486 g/mol. The van der Waals surface area contributed by atoms with Gasteiger partial charge in [-0.05, 0) is 41.2 Å². The minimum Gasteiger partial charge on any atom is -0.508 e. The molecule has 37 heavy (non-hydrogen) atoms. The smallest absolute Gasteiger partial charge is 0.329 e. The van der Waals surface area contributed by atoms with Gasteiger partial charge in [0.25, 0.3) is 0 Å². The average Bonchev–Trinajstić information content (AvgIpc) is 2.91. The van der Waals surface area contributed by atoms with E-state index in [1.54, 1.807) is 24.3 Å². The van der Waals surface area contributed by atoms with Gasteiger partial charge in [-0.3, -0.25) is 9.59 Å². The molecule has 1 amide bonds. The molecule has 0 saturated heterocycles. The number of carbonyl (C=O) groups is 3. The first kappa shape index (κ1) is 28.0. The van der Waals surface area contributed by atoms with Crippen molar-refractivity contribution in [2.24, 2.45) is 5.92 Å². The van der Waals surface area contributed by atoms with Gasteiger partial charge >= 0.3 is 5.97 Å². The summed E-state index contributed by atoms with van der Waals surface area (Å²) >= 11 is 1.11. The van der Waals surface area contributed by atoms with Crippen LogP contribution in [0.1, 0.15) is 42.9 Å². The summed E-state index contributed by atoms with van der Waals surface area (Å²) in [7, 11) is 0. The standard InChI is InChI=1S/C30H33NO5S/c1-3-26(24-12-8-5-9-13-24)27(20-37-21(2)32)29(34)31-28(18-22-14-16-25(33)17-15-22)30(35)36-19-23-10-6-4-7-11-23/h4-17,26-28,33H,3,18-20H2,1-2H3,(H,31,34)/t26?,27?,28-/m0/s1. The van der Waals surface area contributed by atoms with E-state index in [-0.39, 0.29) is 35.7 Å². The van der Waals surface area contributed by atoms with Crippen LogP contribution in [-0.4, -0.2) is 33.9 Å². The average molecular weight is 520 g/mol. The molecule has 3 aromatic carbocycles. The second kappa shape index (κ2) is 14.2. The van der Waals surface area contributed by atoms with E-state index < -0.39 is 17.9 Å². The third kappa shape index (κ3) is 8.79. The van der Waals surface area contributed by atoms with Gasteiger partial charge in [0.05, 0.1) is 5.92 Å². The molecule has 0 saturated carbocycles. The lowest BCUT2D eigenvalue weighted by Crippen LogP contribution is -2.47. The Morgan fingerprint density at radius 3 is 2.11 bits per heavy atom. The molecule has 3 rings (SSSR count). The van der Waals surface area contributed by atoms with Gasteiger partial charge in [-0.1, -0.05) is 91.5 Å². The number of hydrogen-bond acceptors (Lipinski definition) is 6. The number of aromatic hydroxyl groups is 1. The van der Waals surface area contributed by atoms with Crippen LogP contribution < -0.4 is 5.32 Å². The molecule has 0 radical (unpaired) electrons. The van der Waals surface area contributed by atoms with Crippen LogP contribution in [0.2, 0.25) is 0 Å². The molecule has 0 fully saturated rings. The molecule has 0 aliphatic carbocycles. The molecule has 0 aliphatic rings. The minimum atomic E-state index is -0.932. The van der Waals surface area contributed by atoms with E-state index in [0.717, 1.165) is 28.5 Å². The molecule has 2 unspecified atom stereocenters. The fourth-order valence-electron chi connectivity index (χ4n) is 4.20. The number of thioether (sulfide) groups is 1. The Labute approximate surface area is 222 Å². The van der Waals surface area contributed by atoms with Gasteiger partial charge in [0.2, 0.25) is 5.91 Å². The first-order chi connectivity index (χ1) is 17.9. The van der Waals surface area contributed by atoms with Crippen LogP contribution in [0.15, 0.2) is 84.9 Å². The first-order valence-corrected chi connectivity index (χ1v) is 13.3. The van der Waals surface area contributed by atoms with Gasteiger partial charge in [0.15, 0.2) is 5.12 Å². The van der Waals surface area contributed by atoms with Crippen LogP contribution in [0.25, 0.3) is 0 Å².